The van der Waals surface area contributed by atoms with Crippen molar-refractivity contribution in [2.45, 2.75) is 26.7 Å². The molecule has 12 heavy (non-hydrogen) atoms. The van der Waals surface area contributed by atoms with Crippen molar-refractivity contribution in [1.82, 2.24) is 4.98 Å². The molecule has 1 aromatic rings. The quantitative estimate of drug-likeness (QED) is 0.666. The maximum absolute atomic E-state index is 12.4. The summed E-state index contributed by atoms with van der Waals surface area (Å²) in [5.41, 5.74) is 1.22. The predicted octanol–water partition coefficient (Wildman–Crippen LogP) is 2.89. The van der Waals surface area contributed by atoms with E-state index in [1.165, 1.54) is 0 Å². The molecule has 1 nitrogen and oxygen atoms in total. The van der Waals surface area contributed by atoms with Crippen molar-refractivity contribution in [3.63, 3.8) is 0 Å². The lowest BCUT2D eigenvalue weighted by Gasteiger charge is -2.08. The number of aryl methyl sites for hydroxylation is 2. The second-order valence-electron chi connectivity index (χ2n) is 2.62. The van der Waals surface area contributed by atoms with Crippen LogP contribution in [0.1, 0.15) is 30.2 Å². The molecule has 0 aromatic carbocycles. The number of hydrogen-bond acceptors (Lipinski definition) is 1. The zero-order chi connectivity index (χ0) is 9.14. The van der Waals surface area contributed by atoms with Gasteiger partial charge in [0.25, 0.3) is 6.43 Å². The highest BCUT2D eigenvalue weighted by molar-refractivity contribution is 5.30. The first-order valence-electron chi connectivity index (χ1n) is 3.89. The highest BCUT2D eigenvalue weighted by Gasteiger charge is 2.14. The Balaban J connectivity index is 3.20. The van der Waals surface area contributed by atoms with Crippen LogP contribution < -0.4 is 0 Å². The van der Waals surface area contributed by atoms with Crippen LogP contribution in [0.25, 0.3) is 0 Å². The van der Waals surface area contributed by atoms with E-state index in [9.17, 15) is 8.78 Å². The SMILES string of the molecule is CCc1ccnc(C)c1C(F)F. The molecule has 0 unspecified atom stereocenters. The van der Waals surface area contributed by atoms with Gasteiger partial charge in [-0.25, -0.2) is 8.78 Å². The van der Waals surface area contributed by atoms with E-state index in [-0.39, 0.29) is 5.56 Å². The molecule has 66 valence electrons. The topological polar surface area (TPSA) is 12.9 Å². The van der Waals surface area contributed by atoms with Gasteiger partial charge in [0, 0.05) is 17.5 Å². The minimum Gasteiger partial charge on any atom is -0.261 e. The lowest BCUT2D eigenvalue weighted by atomic mass is 10.1. The van der Waals surface area contributed by atoms with Crippen molar-refractivity contribution in [3.05, 3.63) is 29.1 Å². The number of pyridine rings is 1. The Labute approximate surface area is 70.4 Å². The first-order chi connectivity index (χ1) is 5.66. The molecule has 1 rings (SSSR count). The van der Waals surface area contributed by atoms with Crippen LogP contribution in [-0.4, -0.2) is 4.98 Å². The average molecular weight is 171 g/mol. The number of alkyl halides is 2. The number of aromatic nitrogens is 1. The van der Waals surface area contributed by atoms with Crippen molar-refractivity contribution in [2.75, 3.05) is 0 Å². The normalized spacial score (nSPS) is 10.8. The molecule has 0 saturated heterocycles. The van der Waals surface area contributed by atoms with Gasteiger partial charge in [0.15, 0.2) is 0 Å². The zero-order valence-corrected chi connectivity index (χ0v) is 7.14. The predicted molar refractivity (Wildman–Crippen MR) is 43.3 cm³/mol. The second-order valence-corrected chi connectivity index (χ2v) is 2.62. The van der Waals surface area contributed by atoms with Gasteiger partial charge < -0.3 is 0 Å². The zero-order valence-electron chi connectivity index (χ0n) is 7.14. The van der Waals surface area contributed by atoms with E-state index in [1.807, 2.05) is 6.92 Å². The van der Waals surface area contributed by atoms with E-state index >= 15 is 0 Å². The van der Waals surface area contributed by atoms with Gasteiger partial charge in [-0.05, 0) is 25.0 Å². The summed E-state index contributed by atoms with van der Waals surface area (Å²) >= 11 is 0. The summed E-state index contributed by atoms with van der Waals surface area (Å²) in [4.78, 5) is 3.83. The minimum atomic E-state index is -2.41. The highest BCUT2D eigenvalue weighted by atomic mass is 19.3. The monoisotopic (exact) mass is 171 g/mol. The summed E-state index contributed by atoms with van der Waals surface area (Å²) in [5.74, 6) is 0. The van der Waals surface area contributed by atoms with Crippen LogP contribution in [0.15, 0.2) is 12.3 Å². The van der Waals surface area contributed by atoms with Crippen molar-refractivity contribution >= 4 is 0 Å². The minimum absolute atomic E-state index is 0.0972. The molecule has 0 atom stereocenters. The van der Waals surface area contributed by atoms with Crippen LogP contribution in [-0.2, 0) is 6.42 Å². The van der Waals surface area contributed by atoms with Crippen LogP contribution in [0.2, 0.25) is 0 Å². The lowest BCUT2D eigenvalue weighted by Crippen LogP contribution is -1.98. The van der Waals surface area contributed by atoms with Crippen molar-refractivity contribution in [1.29, 1.82) is 0 Å². The van der Waals surface area contributed by atoms with Gasteiger partial charge in [-0.15, -0.1) is 0 Å². The first-order valence-corrected chi connectivity index (χ1v) is 3.89. The molecule has 0 N–H and O–H groups in total. The molecule has 0 aliphatic heterocycles. The van der Waals surface area contributed by atoms with Crippen molar-refractivity contribution in [2.24, 2.45) is 0 Å². The van der Waals surface area contributed by atoms with E-state index in [0.717, 1.165) is 0 Å². The van der Waals surface area contributed by atoms with E-state index in [2.05, 4.69) is 4.98 Å². The second kappa shape index (κ2) is 3.61. The van der Waals surface area contributed by atoms with Gasteiger partial charge in [-0.3, -0.25) is 4.98 Å². The number of nitrogens with zero attached hydrogens (tertiary/aromatic N) is 1. The highest BCUT2D eigenvalue weighted by Crippen LogP contribution is 2.25. The third-order valence-electron chi connectivity index (χ3n) is 1.88. The average Bonchev–Trinajstić information content (AvgIpc) is 2.03. The summed E-state index contributed by atoms with van der Waals surface area (Å²) in [6.07, 6.45) is -0.211. The van der Waals surface area contributed by atoms with Gasteiger partial charge in [-0.2, -0.15) is 0 Å². The summed E-state index contributed by atoms with van der Waals surface area (Å²) in [7, 11) is 0. The lowest BCUT2D eigenvalue weighted by molar-refractivity contribution is 0.149. The third kappa shape index (κ3) is 1.60. The summed E-state index contributed by atoms with van der Waals surface area (Å²) < 4.78 is 24.9. The third-order valence-corrected chi connectivity index (χ3v) is 1.88. The Bertz CT molecular complexity index is 271. The Morgan fingerprint density at radius 2 is 2.17 bits per heavy atom. The van der Waals surface area contributed by atoms with E-state index < -0.39 is 6.43 Å². The summed E-state index contributed by atoms with van der Waals surface area (Å²) in [6, 6.07) is 1.65. The fraction of sp³-hybridized carbons (Fsp3) is 0.444. The van der Waals surface area contributed by atoms with Gasteiger partial charge in [-0.1, -0.05) is 6.92 Å². The number of hydrogen-bond donors (Lipinski definition) is 0. The fourth-order valence-electron chi connectivity index (χ4n) is 1.24. The standard InChI is InChI=1S/C9H11F2N/c1-3-7-4-5-12-6(2)8(7)9(10)11/h4-5,9H,3H2,1-2H3. The number of halogens is 2. The summed E-state index contributed by atoms with van der Waals surface area (Å²) in [6.45, 7) is 3.47. The van der Waals surface area contributed by atoms with Crippen molar-refractivity contribution < 1.29 is 8.78 Å². The molecular formula is C9H11F2N. The van der Waals surface area contributed by atoms with Crippen LogP contribution >= 0.6 is 0 Å². The Kier molecular flexibility index (Phi) is 2.74. The Morgan fingerprint density at radius 3 is 2.58 bits per heavy atom. The molecule has 0 fully saturated rings. The van der Waals surface area contributed by atoms with Gasteiger partial charge in [0.05, 0.1) is 0 Å². The molecule has 0 radical (unpaired) electrons. The maximum atomic E-state index is 12.4. The van der Waals surface area contributed by atoms with Crippen LogP contribution in [0.5, 0.6) is 0 Å². The molecule has 0 saturated carbocycles. The molecular weight excluding hydrogens is 160 g/mol. The molecule has 1 aromatic heterocycles. The first kappa shape index (κ1) is 9.10. The van der Waals surface area contributed by atoms with E-state index in [0.29, 0.717) is 17.7 Å². The van der Waals surface area contributed by atoms with E-state index in [4.69, 9.17) is 0 Å². The van der Waals surface area contributed by atoms with Gasteiger partial charge in [0.2, 0.25) is 0 Å². The Morgan fingerprint density at radius 1 is 1.50 bits per heavy atom. The van der Waals surface area contributed by atoms with Crippen molar-refractivity contribution in [3.8, 4) is 0 Å². The molecule has 0 amide bonds. The fourth-order valence-corrected chi connectivity index (χ4v) is 1.24. The molecule has 0 spiro atoms. The van der Waals surface area contributed by atoms with Crippen LogP contribution in [0.4, 0.5) is 8.78 Å². The molecule has 0 aliphatic carbocycles. The summed E-state index contributed by atoms with van der Waals surface area (Å²) in [5, 5.41) is 0. The van der Waals surface area contributed by atoms with E-state index in [1.54, 1.807) is 19.2 Å². The van der Waals surface area contributed by atoms with Gasteiger partial charge in [0.1, 0.15) is 0 Å². The largest absolute Gasteiger partial charge is 0.265 e. The maximum Gasteiger partial charge on any atom is 0.265 e. The Hall–Kier alpha value is -0.990. The van der Waals surface area contributed by atoms with Crippen LogP contribution in [0.3, 0.4) is 0 Å². The molecule has 0 bridgehead atoms. The molecule has 0 aliphatic rings. The van der Waals surface area contributed by atoms with Gasteiger partial charge >= 0.3 is 0 Å². The number of rotatable bonds is 2. The molecule has 3 heteroatoms. The smallest absolute Gasteiger partial charge is 0.261 e. The molecule has 1 heterocycles. The van der Waals surface area contributed by atoms with Crippen LogP contribution in [0, 0.1) is 6.92 Å².